The van der Waals surface area contributed by atoms with E-state index in [4.69, 9.17) is 9.47 Å². The van der Waals surface area contributed by atoms with Gasteiger partial charge in [-0.3, -0.25) is 9.59 Å². The molecule has 1 heterocycles. The summed E-state index contributed by atoms with van der Waals surface area (Å²) in [6, 6.07) is 4.66. The Hall–Kier alpha value is -2.77. The molecule has 1 aromatic rings. The van der Waals surface area contributed by atoms with E-state index in [1.54, 1.807) is 12.1 Å². The van der Waals surface area contributed by atoms with Crippen molar-refractivity contribution in [1.29, 1.82) is 0 Å². The molecule has 8 nitrogen and oxygen atoms in total. The Bertz CT molecular complexity index is 690. The zero-order valence-corrected chi connectivity index (χ0v) is 14.5. The highest BCUT2D eigenvalue weighted by molar-refractivity contribution is 5.97. The molecule has 136 valence electrons. The van der Waals surface area contributed by atoms with Crippen LogP contribution in [0.15, 0.2) is 18.2 Å². The van der Waals surface area contributed by atoms with Crippen molar-refractivity contribution in [2.24, 2.45) is 0 Å². The highest BCUT2D eigenvalue weighted by atomic mass is 16.5. The monoisotopic (exact) mass is 350 g/mol. The summed E-state index contributed by atoms with van der Waals surface area (Å²) in [6.07, 6.45) is 1.02. The minimum absolute atomic E-state index is 0.268. The van der Waals surface area contributed by atoms with Gasteiger partial charge in [-0.25, -0.2) is 4.79 Å². The summed E-state index contributed by atoms with van der Waals surface area (Å²) in [5.41, 5.74) is -0.904. The SMILES string of the molecule is COc1ccc(C(=O)NCC(=O)N2CCCC2(C)C(=O)O)cc1OC. The first-order valence-corrected chi connectivity index (χ1v) is 7.87. The number of hydrogen-bond acceptors (Lipinski definition) is 5. The number of carbonyl (C=O) groups excluding carboxylic acids is 2. The molecule has 2 rings (SSSR count). The van der Waals surface area contributed by atoms with Crippen molar-refractivity contribution in [2.45, 2.75) is 25.3 Å². The number of nitrogens with zero attached hydrogens (tertiary/aromatic N) is 1. The normalized spacial score (nSPS) is 19.4. The Morgan fingerprint density at radius 2 is 1.92 bits per heavy atom. The predicted molar refractivity (Wildman–Crippen MR) is 88.9 cm³/mol. The number of benzene rings is 1. The number of ether oxygens (including phenoxy) is 2. The van der Waals surface area contributed by atoms with Gasteiger partial charge in [0.2, 0.25) is 5.91 Å². The minimum Gasteiger partial charge on any atom is -0.493 e. The van der Waals surface area contributed by atoms with E-state index in [1.807, 2.05) is 0 Å². The maximum Gasteiger partial charge on any atom is 0.329 e. The van der Waals surface area contributed by atoms with Crippen LogP contribution in [0.1, 0.15) is 30.1 Å². The molecule has 1 atom stereocenters. The Morgan fingerprint density at radius 3 is 2.52 bits per heavy atom. The second-order valence-electron chi connectivity index (χ2n) is 5.98. The molecular weight excluding hydrogens is 328 g/mol. The molecule has 0 aliphatic carbocycles. The van der Waals surface area contributed by atoms with Crippen LogP contribution in [0.4, 0.5) is 0 Å². The Balaban J connectivity index is 2.02. The number of amides is 2. The third kappa shape index (κ3) is 3.67. The van der Waals surface area contributed by atoms with Crippen LogP contribution in [0.25, 0.3) is 0 Å². The highest BCUT2D eigenvalue weighted by Gasteiger charge is 2.45. The van der Waals surface area contributed by atoms with Crippen molar-refractivity contribution in [3.8, 4) is 11.5 Å². The Labute approximate surface area is 145 Å². The molecule has 1 fully saturated rings. The fourth-order valence-electron chi connectivity index (χ4n) is 2.92. The maximum absolute atomic E-state index is 12.3. The number of hydrogen-bond donors (Lipinski definition) is 2. The van der Waals surface area contributed by atoms with Crippen molar-refractivity contribution in [1.82, 2.24) is 10.2 Å². The summed E-state index contributed by atoms with van der Waals surface area (Å²) in [5.74, 6) is -1.02. The molecule has 0 spiro atoms. The van der Waals surface area contributed by atoms with Gasteiger partial charge in [-0.05, 0) is 38.0 Å². The largest absolute Gasteiger partial charge is 0.493 e. The molecule has 2 amide bonds. The van der Waals surface area contributed by atoms with Crippen molar-refractivity contribution < 1.29 is 29.0 Å². The average molecular weight is 350 g/mol. The average Bonchev–Trinajstić information content (AvgIpc) is 3.02. The zero-order valence-electron chi connectivity index (χ0n) is 14.5. The first-order chi connectivity index (χ1) is 11.8. The molecule has 1 unspecified atom stereocenters. The van der Waals surface area contributed by atoms with Gasteiger partial charge in [-0.15, -0.1) is 0 Å². The van der Waals surface area contributed by atoms with Gasteiger partial charge < -0.3 is 24.8 Å². The van der Waals surface area contributed by atoms with Gasteiger partial charge in [-0.2, -0.15) is 0 Å². The van der Waals surface area contributed by atoms with Crippen LogP contribution in [0.2, 0.25) is 0 Å². The molecular formula is C17H22N2O6. The van der Waals surface area contributed by atoms with Gasteiger partial charge in [0.15, 0.2) is 11.5 Å². The summed E-state index contributed by atoms with van der Waals surface area (Å²) in [5, 5.41) is 11.9. The molecule has 25 heavy (non-hydrogen) atoms. The lowest BCUT2D eigenvalue weighted by molar-refractivity contribution is -0.154. The van der Waals surface area contributed by atoms with Crippen LogP contribution in [0.3, 0.4) is 0 Å². The van der Waals surface area contributed by atoms with Crippen LogP contribution in [-0.2, 0) is 9.59 Å². The van der Waals surface area contributed by atoms with E-state index in [1.165, 1.54) is 32.1 Å². The molecule has 1 aliphatic heterocycles. The predicted octanol–water partition coefficient (Wildman–Crippen LogP) is 0.899. The second-order valence-corrected chi connectivity index (χ2v) is 5.98. The van der Waals surface area contributed by atoms with E-state index < -0.39 is 23.3 Å². The number of carboxylic acids is 1. The number of aliphatic carboxylic acids is 1. The fourth-order valence-corrected chi connectivity index (χ4v) is 2.92. The van der Waals surface area contributed by atoms with E-state index in [-0.39, 0.29) is 6.54 Å². The summed E-state index contributed by atoms with van der Waals surface area (Å²) < 4.78 is 10.3. The summed E-state index contributed by atoms with van der Waals surface area (Å²) in [7, 11) is 2.95. The fraction of sp³-hybridized carbons (Fsp3) is 0.471. The molecule has 8 heteroatoms. The highest BCUT2D eigenvalue weighted by Crippen LogP contribution is 2.29. The molecule has 0 bridgehead atoms. The van der Waals surface area contributed by atoms with E-state index in [9.17, 15) is 19.5 Å². The smallest absolute Gasteiger partial charge is 0.329 e. The number of carboxylic acid groups (broad SMARTS) is 1. The molecule has 1 saturated heterocycles. The third-order valence-electron chi connectivity index (χ3n) is 4.45. The number of carbonyl (C=O) groups is 3. The number of methoxy groups -OCH3 is 2. The summed E-state index contributed by atoms with van der Waals surface area (Å²) >= 11 is 0. The van der Waals surface area contributed by atoms with E-state index in [2.05, 4.69) is 5.32 Å². The van der Waals surface area contributed by atoms with Crippen LogP contribution < -0.4 is 14.8 Å². The van der Waals surface area contributed by atoms with Crippen molar-refractivity contribution in [2.75, 3.05) is 27.3 Å². The van der Waals surface area contributed by atoms with Gasteiger partial charge in [0.1, 0.15) is 5.54 Å². The van der Waals surface area contributed by atoms with E-state index >= 15 is 0 Å². The van der Waals surface area contributed by atoms with Gasteiger partial charge in [0, 0.05) is 12.1 Å². The molecule has 0 saturated carbocycles. The number of nitrogens with one attached hydrogen (secondary N) is 1. The van der Waals surface area contributed by atoms with E-state index in [0.717, 1.165) is 0 Å². The number of likely N-dealkylation sites (tertiary alicyclic amines) is 1. The molecule has 0 radical (unpaired) electrons. The van der Waals surface area contributed by atoms with Gasteiger partial charge in [-0.1, -0.05) is 0 Å². The first-order valence-electron chi connectivity index (χ1n) is 7.87. The van der Waals surface area contributed by atoms with Crippen LogP contribution in [0.5, 0.6) is 11.5 Å². The standard InChI is InChI=1S/C17H22N2O6/c1-17(16(22)23)7-4-8-19(17)14(20)10-18-15(21)11-5-6-12(24-2)13(9-11)25-3/h5-6,9H,4,7-8,10H2,1-3H3,(H,18,21)(H,22,23). The topological polar surface area (TPSA) is 105 Å². The lowest BCUT2D eigenvalue weighted by atomic mass is 9.99. The van der Waals surface area contributed by atoms with Crippen LogP contribution in [-0.4, -0.2) is 60.6 Å². The maximum atomic E-state index is 12.3. The second kappa shape index (κ2) is 7.42. The summed E-state index contributed by atoms with van der Waals surface area (Å²) in [4.78, 5) is 37.3. The van der Waals surface area contributed by atoms with Crippen molar-refractivity contribution >= 4 is 17.8 Å². The molecule has 1 aliphatic rings. The van der Waals surface area contributed by atoms with Gasteiger partial charge >= 0.3 is 5.97 Å². The first kappa shape index (κ1) is 18.6. The molecule has 0 aromatic heterocycles. The van der Waals surface area contributed by atoms with Crippen LogP contribution >= 0.6 is 0 Å². The lowest BCUT2D eigenvalue weighted by Gasteiger charge is -2.31. The van der Waals surface area contributed by atoms with Crippen molar-refractivity contribution in [3.63, 3.8) is 0 Å². The lowest BCUT2D eigenvalue weighted by Crippen LogP contribution is -2.53. The quantitative estimate of drug-likeness (QED) is 0.790. The Morgan fingerprint density at radius 1 is 1.24 bits per heavy atom. The molecule has 2 N–H and O–H groups in total. The summed E-state index contributed by atoms with van der Waals surface area (Å²) in [6.45, 7) is 1.63. The zero-order chi connectivity index (χ0) is 18.6. The van der Waals surface area contributed by atoms with Gasteiger partial charge in [0.25, 0.3) is 5.91 Å². The number of rotatable bonds is 6. The minimum atomic E-state index is -1.22. The van der Waals surface area contributed by atoms with Crippen LogP contribution in [0, 0.1) is 0 Å². The third-order valence-corrected chi connectivity index (χ3v) is 4.45. The Kier molecular flexibility index (Phi) is 5.51. The van der Waals surface area contributed by atoms with E-state index in [0.29, 0.717) is 36.4 Å². The molecule has 1 aromatic carbocycles. The van der Waals surface area contributed by atoms with Crippen molar-refractivity contribution in [3.05, 3.63) is 23.8 Å². The van der Waals surface area contributed by atoms with Gasteiger partial charge in [0.05, 0.1) is 20.8 Å².